The third-order valence-corrected chi connectivity index (χ3v) is 3.96. The Morgan fingerprint density at radius 2 is 2.00 bits per heavy atom. The molecule has 2 rings (SSSR count). The molecule has 1 aliphatic rings. The van der Waals surface area contributed by atoms with E-state index in [1.807, 2.05) is 0 Å². The lowest BCUT2D eigenvalue weighted by atomic mass is 9.88. The lowest BCUT2D eigenvalue weighted by Gasteiger charge is -2.30. The van der Waals surface area contributed by atoms with E-state index in [0.29, 0.717) is 12.0 Å². The summed E-state index contributed by atoms with van der Waals surface area (Å²) in [5, 5.41) is 3.47. The largest absolute Gasteiger partial charge is 0.381 e. The Morgan fingerprint density at radius 3 is 2.53 bits per heavy atom. The van der Waals surface area contributed by atoms with Crippen LogP contribution in [0.25, 0.3) is 0 Å². The molecule has 0 aromatic heterocycles. The predicted molar refractivity (Wildman–Crippen MR) is 80.3 cm³/mol. The molecule has 2 heteroatoms. The minimum absolute atomic E-state index is 0.424. The van der Waals surface area contributed by atoms with Gasteiger partial charge >= 0.3 is 0 Å². The summed E-state index contributed by atoms with van der Waals surface area (Å²) in [4.78, 5) is 0. The van der Waals surface area contributed by atoms with Crippen molar-refractivity contribution >= 4 is 0 Å². The average molecular weight is 261 g/mol. The SMILES string of the molecule is CNC(c1ccc(CC(C)C)cc1)C1CCCOC1. The van der Waals surface area contributed by atoms with Crippen LogP contribution >= 0.6 is 0 Å². The van der Waals surface area contributed by atoms with Crippen molar-refractivity contribution in [1.29, 1.82) is 0 Å². The van der Waals surface area contributed by atoms with E-state index in [9.17, 15) is 0 Å². The molecular formula is C17H27NO. The molecule has 1 heterocycles. The molecule has 19 heavy (non-hydrogen) atoms. The Kier molecular flexibility index (Phi) is 5.41. The molecule has 0 radical (unpaired) electrons. The number of benzene rings is 1. The van der Waals surface area contributed by atoms with Gasteiger partial charge in [-0.2, -0.15) is 0 Å². The molecule has 1 saturated heterocycles. The van der Waals surface area contributed by atoms with Gasteiger partial charge in [0.2, 0.25) is 0 Å². The van der Waals surface area contributed by atoms with Crippen LogP contribution in [-0.4, -0.2) is 20.3 Å². The lowest BCUT2D eigenvalue weighted by Crippen LogP contribution is -2.31. The average Bonchev–Trinajstić information content (AvgIpc) is 2.42. The molecule has 1 N–H and O–H groups in total. The highest BCUT2D eigenvalue weighted by Gasteiger charge is 2.24. The zero-order chi connectivity index (χ0) is 13.7. The molecule has 106 valence electrons. The first-order valence-corrected chi connectivity index (χ1v) is 7.54. The van der Waals surface area contributed by atoms with Gasteiger partial charge in [0.1, 0.15) is 0 Å². The second-order valence-electron chi connectivity index (χ2n) is 6.08. The normalized spacial score (nSPS) is 21.6. The molecule has 0 amide bonds. The molecule has 0 spiro atoms. The Morgan fingerprint density at radius 1 is 1.26 bits per heavy atom. The van der Waals surface area contributed by atoms with Gasteiger partial charge in [-0.25, -0.2) is 0 Å². The first-order valence-electron chi connectivity index (χ1n) is 7.54. The van der Waals surface area contributed by atoms with Crippen LogP contribution in [-0.2, 0) is 11.2 Å². The number of hydrogen-bond acceptors (Lipinski definition) is 2. The zero-order valence-corrected chi connectivity index (χ0v) is 12.5. The van der Waals surface area contributed by atoms with E-state index in [0.717, 1.165) is 25.6 Å². The van der Waals surface area contributed by atoms with Crippen molar-refractivity contribution in [2.75, 3.05) is 20.3 Å². The third-order valence-electron chi connectivity index (χ3n) is 3.96. The minimum atomic E-state index is 0.424. The van der Waals surface area contributed by atoms with Crippen molar-refractivity contribution in [3.8, 4) is 0 Å². The second-order valence-corrected chi connectivity index (χ2v) is 6.08. The Bertz CT molecular complexity index is 365. The van der Waals surface area contributed by atoms with Crippen LogP contribution in [0.5, 0.6) is 0 Å². The van der Waals surface area contributed by atoms with Gasteiger partial charge in [0.15, 0.2) is 0 Å². The summed E-state index contributed by atoms with van der Waals surface area (Å²) in [7, 11) is 2.06. The molecule has 1 aliphatic heterocycles. The third kappa shape index (κ3) is 4.05. The van der Waals surface area contributed by atoms with Crippen molar-refractivity contribution in [2.45, 2.75) is 39.2 Å². The molecule has 0 bridgehead atoms. The van der Waals surface area contributed by atoms with E-state index in [1.165, 1.54) is 24.0 Å². The van der Waals surface area contributed by atoms with Gasteiger partial charge in [0.25, 0.3) is 0 Å². The maximum atomic E-state index is 5.62. The molecule has 2 atom stereocenters. The summed E-state index contributed by atoms with van der Waals surface area (Å²) in [6, 6.07) is 9.56. The van der Waals surface area contributed by atoms with Gasteiger partial charge in [0, 0.05) is 18.6 Å². The molecule has 0 aliphatic carbocycles. The highest BCUT2D eigenvalue weighted by Crippen LogP contribution is 2.28. The highest BCUT2D eigenvalue weighted by molar-refractivity contribution is 5.26. The Labute approximate surface area is 117 Å². The van der Waals surface area contributed by atoms with E-state index in [2.05, 4.69) is 50.5 Å². The van der Waals surface area contributed by atoms with Crippen molar-refractivity contribution in [3.63, 3.8) is 0 Å². The molecular weight excluding hydrogens is 234 g/mol. The smallest absolute Gasteiger partial charge is 0.0512 e. The molecule has 0 saturated carbocycles. The standard InChI is InChI=1S/C17H27NO/c1-13(2)11-14-6-8-15(9-7-14)17(18-3)16-5-4-10-19-12-16/h6-9,13,16-18H,4-5,10-12H2,1-3H3. The van der Waals surface area contributed by atoms with E-state index < -0.39 is 0 Å². The lowest BCUT2D eigenvalue weighted by molar-refractivity contribution is 0.0402. The zero-order valence-electron chi connectivity index (χ0n) is 12.5. The van der Waals surface area contributed by atoms with Crippen molar-refractivity contribution in [1.82, 2.24) is 5.32 Å². The van der Waals surface area contributed by atoms with Gasteiger partial charge < -0.3 is 10.1 Å². The van der Waals surface area contributed by atoms with Crippen molar-refractivity contribution in [3.05, 3.63) is 35.4 Å². The quantitative estimate of drug-likeness (QED) is 0.875. The van der Waals surface area contributed by atoms with Crippen LogP contribution in [0.2, 0.25) is 0 Å². The Balaban J connectivity index is 2.05. The second kappa shape index (κ2) is 7.06. The van der Waals surface area contributed by atoms with Gasteiger partial charge in [-0.05, 0) is 43.4 Å². The van der Waals surface area contributed by atoms with Crippen molar-refractivity contribution in [2.24, 2.45) is 11.8 Å². The summed E-state index contributed by atoms with van der Waals surface area (Å²) >= 11 is 0. The van der Waals surface area contributed by atoms with Crippen LogP contribution in [0.4, 0.5) is 0 Å². The van der Waals surface area contributed by atoms with Crippen LogP contribution in [0, 0.1) is 11.8 Å². The monoisotopic (exact) mass is 261 g/mol. The first-order chi connectivity index (χ1) is 9.20. The predicted octanol–water partition coefficient (Wildman–Crippen LogP) is 3.57. The van der Waals surface area contributed by atoms with Crippen LogP contribution in [0.1, 0.15) is 43.9 Å². The topological polar surface area (TPSA) is 21.3 Å². The summed E-state index contributed by atoms with van der Waals surface area (Å²) < 4.78 is 5.62. The number of rotatable bonds is 5. The fraction of sp³-hybridized carbons (Fsp3) is 0.647. The van der Waals surface area contributed by atoms with Gasteiger partial charge in [-0.15, -0.1) is 0 Å². The van der Waals surface area contributed by atoms with E-state index in [4.69, 9.17) is 4.74 Å². The summed E-state index contributed by atoms with van der Waals surface area (Å²) in [5.74, 6) is 1.33. The molecule has 1 fully saturated rings. The van der Waals surface area contributed by atoms with Crippen molar-refractivity contribution < 1.29 is 4.74 Å². The van der Waals surface area contributed by atoms with Gasteiger partial charge in [0.05, 0.1) is 6.61 Å². The maximum Gasteiger partial charge on any atom is 0.0512 e. The fourth-order valence-corrected chi connectivity index (χ4v) is 3.04. The summed E-state index contributed by atoms with van der Waals surface area (Å²) in [6.07, 6.45) is 3.62. The summed E-state index contributed by atoms with van der Waals surface area (Å²) in [6.45, 7) is 6.35. The summed E-state index contributed by atoms with van der Waals surface area (Å²) in [5.41, 5.74) is 2.83. The number of ether oxygens (including phenoxy) is 1. The highest BCUT2D eigenvalue weighted by atomic mass is 16.5. The van der Waals surface area contributed by atoms with Crippen LogP contribution < -0.4 is 5.32 Å². The number of nitrogens with one attached hydrogen (secondary N) is 1. The van der Waals surface area contributed by atoms with Crippen LogP contribution in [0.3, 0.4) is 0 Å². The van der Waals surface area contributed by atoms with Crippen LogP contribution in [0.15, 0.2) is 24.3 Å². The minimum Gasteiger partial charge on any atom is -0.381 e. The molecule has 1 aromatic rings. The maximum absolute atomic E-state index is 5.62. The fourth-order valence-electron chi connectivity index (χ4n) is 3.04. The molecule has 2 unspecified atom stereocenters. The molecule has 2 nitrogen and oxygen atoms in total. The number of hydrogen-bond donors (Lipinski definition) is 1. The van der Waals surface area contributed by atoms with Gasteiger partial charge in [-0.3, -0.25) is 0 Å². The molecule has 1 aromatic carbocycles. The Hall–Kier alpha value is -0.860. The van der Waals surface area contributed by atoms with E-state index in [1.54, 1.807) is 0 Å². The van der Waals surface area contributed by atoms with Gasteiger partial charge in [-0.1, -0.05) is 38.1 Å². The first kappa shape index (κ1) is 14.5. The van der Waals surface area contributed by atoms with E-state index in [-0.39, 0.29) is 0 Å². The van der Waals surface area contributed by atoms with E-state index >= 15 is 0 Å².